The molecule has 1 aromatic carbocycles. The van der Waals surface area contributed by atoms with Gasteiger partial charge < -0.3 is 19.3 Å². The van der Waals surface area contributed by atoms with Gasteiger partial charge >= 0.3 is 7.12 Å². The zero-order valence-corrected chi connectivity index (χ0v) is 13.4. The summed E-state index contributed by atoms with van der Waals surface area (Å²) in [5, 5.41) is 9.82. The van der Waals surface area contributed by atoms with Crippen LogP contribution in [0.15, 0.2) is 30.5 Å². The second-order valence-electron chi connectivity index (χ2n) is 6.06. The Hall–Kier alpha value is -2.38. The molecule has 0 saturated carbocycles. The first-order valence-electron chi connectivity index (χ1n) is 7.89. The van der Waals surface area contributed by atoms with E-state index in [2.05, 4.69) is 4.98 Å². The van der Waals surface area contributed by atoms with Gasteiger partial charge in [0.2, 0.25) is 5.88 Å². The van der Waals surface area contributed by atoms with Crippen molar-refractivity contribution in [3.63, 3.8) is 0 Å². The molecule has 6 nitrogen and oxygen atoms in total. The summed E-state index contributed by atoms with van der Waals surface area (Å²) in [7, 11) is 0.701. The number of amides is 1. The number of fused-ring (bicyclic) bond motifs is 2. The number of nitrogens with zero attached hydrogens (tertiary/aromatic N) is 2. The molecule has 2 aliphatic heterocycles. The Kier molecular flexibility index (Phi) is 3.74. The summed E-state index contributed by atoms with van der Waals surface area (Å²) in [6.45, 7) is 1.58. The van der Waals surface area contributed by atoms with Crippen LogP contribution in [-0.4, -0.2) is 41.6 Å². The molecule has 0 aliphatic carbocycles. The summed E-state index contributed by atoms with van der Waals surface area (Å²) in [4.78, 5) is 18.6. The Labute approximate surface area is 140 Å². The molecule has 7 heteroatoms. The van der Waals surface area contributed by atoms with Crippen LogP contribution in [0.5, 0.6) is 5.88 Å². The average Bonchev–Trinajstić information content (AvgIpc) is 2.98. The number of aromatic nitrogens is 1. The van der Waals surface area contributed by atoms with Crippen molar-refractivity contribution >= 4 is 18.5 Å². The smallest absolute Gasteiger partial charge is 0.481 e. The first-order valence-corrected chi connectivity index (χ1v) is 7.89. The second-order valence-corrected chi connectivity index (χ2v) is 6.06. The molecule has 0 spiro atoms. The number of carbonyl (C=O) groups is 1. The van der Waals surface area contributed by atoms with Crippen molar-refractivity contribution < 1.29 is 19.2 Å². The molecule has 1 aromatic heterocycles. The van der Waals surface area contributed by atoms with Gasteiger partial charge in [-0.05, 0) is 28.6 Å². The van der Waals surface area contributed by atoms with Crippen molar-refractivity contribution in [3.05, 3.63) is 52.7 Å². The van der Waals surface area contributed by atoms with Crippen LogP contribution in [-0.2, 0) is 24.2 Å². The van der Waals surface area contributed by atoms with Crippen LogP contribution in [0, 0.1) is 0 Å². The molecule has 0 atom stereocenters. The van der Waals surface area contributed by atoms with Crippen molar-refractivity contribution in [1.29, 1.82) is 0 Å². The Morgan fingerprint density at radius 3 is 3.08 bits per heavy atom. The number of hydrogen-bond acceptors (Lipinski definition) is 5. The van der Waals surface area contributed by atoms with Gasteiger partial charge in [0.15, 0.2) is 0 Å². The van der Waals surface area contributed by atoms with Crippen molar-refractivity contribution in [2.75, 3.05) is 13.7 Å². The van der Waals surface area contributed by atoms with Crippen LogP contribution in [0.2, 0.25) is 0 Å². The number of ether oxygens (including phenoxy) is 1. The standard InChI is InChI=1S/C17H17BN2O4/c1-23-16-7-12-4-5-20(17(21)14(12)8-19-16)9-11-2-3-13-10-24-18(22)15(13)6-11/h2-3,6-8,22H,4-5,9-10H2,1H3. The van der Waals surface area contributed by atoms with Crippen LogP contribution < -0.4 is 10.2 Å². The highest BCUT2D eigenvalue weighted by molar-refractivity contribution is 6.61. The maximum atomic E-state index is 12.7. The molecule has 0 unspecified atom stereocenters. The lowest BCUT2D eigenvalue weighted by atomic mass is 9.79. The van der Waals surface area contributed by atoms with Gasteiger partial charge in [0.05, 0.1) is 19.3 Å². The molecule has 24 heavy (non-hydrogen) atoms. The molecule has 122 valence electrons. The second kappa shape index (κ2) is 5.92. The predicted octanol–water partition coefficient (Wildman–Crippen LogP) is 0.506. The van der Waals surface area contributed by atoms with E-state index in [-0.39, 0.29) is 5.91 Å². The Bertz CT molecular complexity index is 811. The molecule has 0 radical (unpaired) electrons. The number of hydrogen-bond donors (Lipinski definition) is 1. The monoisotopic (exact) mass is 324 g/mol. The highest BCUT2D eigenvalue weighted by atomic mass is 16.5. The van der Waals surface area contributed by atoms with Gasteiger partial charge in [0.25, 0.3) is 5.91 Å². The van der Waals surface area contributed by atoms with E-state index in [1.807, 2.05) is 24.3 Å². The van der Waals surface area contributed by atoms with Crippen molar-refractivity contribution in [2.24, 2.45) is 0 Å². The molecule has 0 bridgehead atoms. The highest BCUT2D eigenvalue weighted by Gasteiger charge is 2.29. The fraction of sp³-hybridized carbons (Fsp3) is 0.294. The number of pyridine rings is 1. The fourth-order valence-electron chi connectivity index (χ4n) is 3.25. The van der Waals surface area contributed by atoms with Gasteiger partial charge in [0.1, 0.15) is 0 Å². The maximum Gasteiger partial charge on any atom is 0.491 e. The van der Waals surface area contributed by atoms with Crippen LogP contribution in [0.3, 0.4) is 0 Å². The van der Waals surface area contributed by atoms with E-state index in [1.165, 1.54) is 0 Å². The highest BCUT2D eigenvalue weighted by Crippen LogP contribution is 2.23. The Balaban J connectivity index is 1.56. The van der Waals surface area contributed by atoms with Gasteiger partial charge in [-0.3, -0.25) is 4.79 Å². The zero-order valence-electron chi connectivity index (χ0n) is 13.4. The van der Waals surface area contributed by atoms with Crippen molar-refractivity contribution in [2.45, 2.75) is 19.6 Å². The minimum absolute atomic E-state index is 0.0244. The van der Waals surface area contributed by atoms with Crippen LogP contribution in [0.1, 0.15) is 27.0 Å². The van der Waals surface area contributed by atoms with Gasteiger partial charge in [0, 0.05) is 25.4 Å². The van der Waals surface area contributed by atoms with E-state index in [0.717, 1.165) is 28.6 Å². The maximum absolute atomic E-state index is 12.7. The predicted molar refractivity (Wildman–Crippen MR) is 88.1 cm³/mol. The van der Waals surface area contributed by atoms with Crippen LogP contribution in [0.4, 0.5) is 0 Å². The lowest BCUT2D eigenvalue weighted by molar-refractivity contribution is 0.0726. The number of rotatable bonds is 3. The van der Waals surface area contributed by atoms with E-state index < -0.39 is 7.12 Å². The van der Waals surface area contributed by atoms with Crippen molar-refractivity contribution in [1.82, 2.24) is 9.88 Å². The number of methoxy groups -OCH3 is 1. The molecule has 3 heterocycles. The fourth-order valence-corrected chi connectivity index (χ4v) is 3.25. The summed E-state index contributed by atoms with van der Waals surface area (Å²) in [6, 6.07) is 7.68. The normalized spacial score (nSPS) is 16.2. The van der Waals surface area contributed by atoms with Gasteiger partial charge in [-0.15, -0.1) is 0 Å². The molecule has 0 fully saturated rings. The summed E-state index contributed by atoms with van der Waals surface area (Å²) < 4.78 is 10.3. The van der Waals surface area contributed by atoms with Gasteiger partial charge in [-0.25, -0.2) is 4.98 Å². The third kappa shape index (κ3) is 2.55. The molecular formula is C17H17BN2O4. The van der Waals surface area contributed by atoms with Crippen LogP contribution in [0.25, 0.3) is 0 Å². The SMILES string of the molecule is COc1cc2c(cn1)C(=O)N(Cc1ccc3c(c1)B(O)OC3)CC2. The third-order valence-corrected chi connectivity index (χ3v) is 4.59. The first kappa shape index (κ1) is 15.2. The first-order chi connectivity index (χ1) is 11.7. The summed E-state index contributed by atoms with van der Waals surface area (Å²) in [5.41, 5.74) is 4.38. The molecule has 2 aromatic rings. The van der Waals surface area contributed by atoms with E-state index in [4.69, 9.17) is 9.39 Å². The number of benzene rings is 1. The average molecular weight is 324 g/mol. The summed E-state index contributed by atoms with van der Waals surface area (Å²) in [5.74, 6) is 0.506. The minimum atomic E-state index is -0.866. The van der Waals surface area contributed by atoms with Gasteiger partial charge in [-0.2, -0.15) is 0 Å². The van der Waals surface area contributed by atoms with Gasteiger partial charge in [-0.1, -0.05) is 18.2 Å². The molecule has 1 amide bonds. The molecule has 0 saturated heterocycles. The molecule has 4 rings (SSSR count). The molecular weight excluding hydrogens is 307 g/mol. The lowest BCUT2D eigenvalue weighted by Crippen LogP contribution is -2.37. The largest absolute Gasteiger partial charge is 0.491 e. The summed E-state index contributed by atoms with van der Waals surface area (Å²) in [6.07, 6.45) is 2.36. The molecule has 2 aliphatic rings. The quantitative estimate of drug-likeness (QED) is 0.833. The van der Waals surface area contributed by atoms with E-state index in [1.54, 1.807) is 18.2 Å². The summed E-state index contributed by atoms with van der Waals surface area (Å²) >= 11 is 0. The third-order valence-electron chi connectivity index (χ3n) is 4.59. The van der Waals surface area contributed by atoms with E-state index >= 15 is 0 Å². The Morgan fingerprint density at radius 1 is 1.38 bits per heavy atom. The van der Waals surface area contributed by atoms with Crippen LogP contribution >= 0.6 is 0 Å². The van der Waals surface area contributed by atoms with E-state index in [0.29, 0.717) is 31.1 Å². The van der Waals surface area contributed by atoms with Crippen molar-refractivity contribution in [3.8, 4) is 5.88 Å². The Morgan fingerprint density at radius 2 is 2.25 bits per heavy atom. The minimum Gasteiger partial charge on any atom is -0.481 e. The topological polar surface area (TPSA) is 71.9 Å². The molecule has 1 N–H and O–H groups in total. The zero-order chi connectivity index (χ0) is 16.7. The number of carbonyl (C=O) groups excluding carboxylic acids is 1. The lowest BCUT2D eigenvalue weighted by Gasteiger charge is -2.28. The van der Waals surface area contributed by atoms with E-state index in [9.17, 15) is 9.82 Å².